The lowest BCUT2D eigenvalue weighted by molar-refractivity contribution is -0.146. The van der Waals surface area contributed by atoms with Crippen molar-refractivity contribution in [3.63, 3.8) is 0 Å². The summed E-state index contributed by atoms with van der Waals surface area (Å²) in [5, 5.41) is 21.6. The Balaban J connectivity index is 1.71. The SMILES string of the molecule is Cc1c(N2CC(O)(c3ccc(F)cc3)C2)nn2c(C(F)(F)F)nnc2c1C. The molecule has 2 aromatic heterocycles. The second-order valence-electron chi connectivity index (χ2n) is 6.72. The largest absolute Gasteiger partial charge is 0.453 e. The zero-order valence-corrected chi connectivity index (χ0v) is 14.4. The molecule has 1 N–H and O–H groups in total. The summed E-state index contributed by atoms with van der Waals surface area (Å²) in [5.74, 6) is -1.29. The molecule has 4 rings (SSSR count). The fraction of sp³-hybridized carbons (Fsp3) is 0.353. The zero-order chi connectivity index (χ0) is 19.6. The van der Waals surface area contributed by atoms with Crippen LogP contribution in [0.25, 0.3) is 5.65 Å². The molecule has 0 spiro atoms. The third-order valence-corrected chi connectivity index (χ3v) is 4.91. The number of aliphatic hydroxyl groups is 1. The van der Waals surface area contributed by atoms with Crippen LogP contribution >= 0.6 is 0 Å². The first kappa shape index (κ1) is 17.7. The zero-order valence-electron chi connectivity index (χ0n) is 14.4. The van der Waals surface area contributed by atoms with Crippen LogP contribution < -0.4 is 4.90 Å². The molecule has 0 unspecified atom stereocenters. The molecule has 3 aromatic rings. The summed E-state index contributed by atoms with van der Waals surface area (Å²) < 4.78 is 53.2. The quantitative estimate of drug-likeness (QED) is 0.692. The van der Waals surface area contributed by atoms with Gasteiger partial charge in [-0.15, -0.1) is 15.3 Å². The van der Waals surface area contributed by atoms with E-state index >= 15 is 0 Å². The highest BCUT2D eigenvalue weighted by atomic mass is 19.4. The topological polar surface area (TPSA) is 66.5 Å². The van der Waals surface area contributed by atoms with E-state index in [1.54, 1.807) is 18.7 Å². The van der Waals surface area contributed by atoms with Crippen LogP contribution in [0.2, 0.25) is 0 Å². The van der Waals surface area contributed by atoms with Gasteiger partial charge < -0.3 is 10.0 Å². The summed E-state index contributed by atoms with van der Waals surface area (Å²) in [7, 11) is 0. The van der Waals surface area contributed by atoms with Crippen molar-refractivity contribution in [3.8, 4) is 0 Å². The number of aryl methyl sites for hydroxylation is 1. The molecular formula is C17H15F4N5O. The van der Waals surface area contributed by atoms with Crippen LogP contribution in [0, 0.1) is 19.7 Å². The van der Waals surface area contributed by atoms with Gasteiger partial charge in [0.2, 0.25) is 0 Å². The lowest BCUT2D eigenvalue weighted by Crippen LogP contribution is -2.60. The summed E-state index contributed by atoms with van der Waals surface area (Å²) in [6.45, 7) is 3.63. The summed E-state index contributed by atoms with van der Waals surface area (Å²) in [6.07, 6.45) is -4.69. The Hall–Kier alpha value is -2.75. The van der Waals surface area contributed by atoms with Crippen molar-refractivity contribution in [1.82, 2.24) is 19.8 Å². The number of hydrogen-bond donors (Lipinski definition) is 1. The van der Waals surface area contributed by atoms with Gasteiger partial charge in [-0.25, -0.2) is 4.39 Å². The molecule has 1 aromatic carbocycles. The molecule has 0 saturated carbocycles. The summed E-state index contributed by atoms with van der Waals surface area (Å²) >= 11 is 0. The van der Waals surface area contributed by atoms with Gasteiger partial charge in [0.15, 0.2) is 11.5 Å². The van der Waals surface area contributed by atoms with Gasteiger partial charge in [0, 0.05) is 11.1 Å². The lowest BCUT2D eigenvalue weighted by atomic mass is 9.86. The van der Waals surface area contributed by atoms with Crippen LogP contribution in [0.15, 0.2) is 24.3 Å². The summed E-state index contributed by atoms with van der Waals surface area (Å²) in [4.78, 5) is 1.67. The van der Waals surface area contributed by atoms with Crippen molar-refractivity contribution in [2.45, 2.75) is 25.6 Å². The highest BCUT2D eigenvalue weighted by Crippen LogP contribution is 2.37. The molecule has 0 amide bonds. The fourth-order valence-corrected chi connectivity index (χ4v) is 3.27. The number of halogens is 4. The van der Waals surface area contributed by atoms with Gasteiger partial charge in [-0.2, -0.15) is 17.7 Å². The maximum Gasteiger partial charge on any atom is 0.453 e. The molecule has 0 bridgehead atoms. The maximum absolute atomic E-state index is 13.1. The molecule has 142 valence electrons. The van der Waals surface area contributed by atoms with Crippen LogP contribution in [0.3, 0.4) is 0 Å². The first-order valence-corrected chi connectivity index (χ1v) is 8.13. The molecule has 1 aliphatic heterocycles. The lowest BCUT2D eigenvalue weighted by Gasteiger charge is -2.47. The Bertz CT molecular complexity index is 1020. The van der Waals surface area contributed by atoms with Crippen molar-refractivity contribution in [3.05, 3.63) is 52.6 Å². The van der Waals surface area contributed by atoms with Crippen molar-refractivity contribution in [2.75, 3.05) is 18.0 Å². The fourth-order valence-electron chi connectivity index (χ4n) is 3.27. The van der Waals surface area contributed by atoms with Crippen molar-refractivity contribution in [2.24, 2.45) is 0 Å². The van der Waals surface area contributed by atoms with Crippen LogP contribution in [-0.4, -0.2) is 38.0 Å². The Kier molecular flexibility index (Phi) is 3.68. The second kappa shape index (κ2) is 5.62. The molecule has 3 heterocycles. The summed E-state index contributed by atoms with van der Waals surface area (Å²) in [6, 6.07) is 5.48. The molecule has 0 atom stereocenters. The highest BCUT2D eigenvalue weighted by molar-refractivity contribution is 5.61. The molecule has 27 heavy (non-hydrogen) atoms. The normalized spacial score (nSPS) is 16.6. The van der Waals surface area contributed by atoms with Gasteiger partial charge in [-0.1, -0.05) is 12.1 Å². The van der Waals surface area contributed by atoms with E-state index in [-0.39, 0.29) is 18.7 Å². The van der Waals surface area contributed by atoms with Crippen molar-refractivity contribution < 1.29 is 22.7 Å². The average molecular weight is 381 g/mol. The van der Waals surface area contributed by atoms with E-state index in [1.807, 2.05) is 0 Å². The van der Waals surface area contributed by atoms with Crippen LogP contribution in [0.4, 0.5) is 23.4 Å². The molecule has 0 aliphatic carbocycles. The molecule has 6 nitrogen and oxygen atoms in total. The Morgan fingerprint density at radius 3 is 2.26 bits per heavy atom. The van der Waals surface area contributed by atoms with E-state index < -0.39 is 23.4 Å². The minimum absolute atomic E-state index is 0.0397. The third kappa shape index (κ3) is 2.71. The van der Waals surface area contributed by atoms with E-state index in [4.69, 9.17) is 0 Å². The Morgan fingerprint density at radius 1 is 1.04 bits per heavy atom. The number of aromatic nitrogens is 4. The first-order chi connectivity index (χ1) is 12.6. The van der Waals surface area contributed by atoms with Crippen molar-refractivity contribution in [1.29, 1.82) is 0 Å². The molecule has 0 radical (unpaired) electrons. The first-order valence-electron chi connectivity index (χ1n) is 8.13. The predicted molar refractivity (Wildman–Crippen MR) is 87.8 cm³/mol. The van der Waals surface area contributed by atoms with Crippen LogP contribution in [0.5, 0.6) is 0 Å². The predicted octanol–water partition coefficient (Wildman–Crippen LogP) is 2.61. The van der Waals surface area contributed by atoms with Gasteiger partial charge in [-0.3, -0.25) is 0 Å². The van der Waals surface area contributed by atoms with Gasteiger partial charge >= 0.3 is 6.18 Å². The highest BCUT2D eigenvalue weighted by Gasteiger charge is 2.45. The molecule has 1 aliphatic rings. The van der Waals surface area contributed by atoms with E-state index in [9.17, 15) is 22.7 Å². The average Bonchev–Trinajstić information content (AvgIpc) is 3.00. The molecule has 10 heteroatoms. The molecular weight excluding hydrogens is 366 g/mol. The van der Waals surface area contributed by atoms with Gasteiger partial charge in [0.05, 0.1) is 13.1 Å². The number of nitrogens with zero attached hydrogens (tertiary/aromatic N) is 5. The minimum atomic E-state index is -4.69. The van der Waals surface area contributed by atoms with Crippen LogP contribution in [-0.2, 0) is 11.8 Å². The van der Waals surface area contributed by atoms with Gasteiger partial charge in [0.1, 0.15) is 11.4 Å². The maximum atomic E-state index is 13.1. The number of fused-ring (bicyclic) bond motifs is 1. The number of hydrogen-bond acceptors (Lipinski definition) is 5. The smallest absolute Gasteiger partial charge is 0.381 e. The number of alkyl halides is 3. The number of rotatable bonds is 2. The monoisotopic (exact) mass is 381 g/mol. The second-order valence-corrected chi connectivity index (χ2v) is 6.72. The van der Waals surface area contributed by atoms with E-state index in [2.05, 4.69) is 15.3 Å². The Labute approximate surface area is 151 Å². The number of β-amino-alcohol motifs (C(OH)–C–C–N with tert-alkyl or cyclic N) is 1. The minimum Gasteiger partial charge on any atom is -0.381 e. The van der Waals surface area contributed by atoms with E-state index in [0.717, 1.165) is 0 Å². The number of benzene rings is 1. The van der Waals surface area contributed by atoms with E-state index in [1.165, 1.54) is 24.3 Å². The standard InChI is InChI=1S/C17H15F4N5O/c1-9-10(2)14(24-26-13(9)22-23-15(26)17(19,20)21)25-7-16(27,8-25)11-3-5-12(18)6-4-11/h3-6,27H,7-8H2,1-2H3. The van der Waals surface area contributed by atoms with Gasteiger partial charge in [-0.05, 0) is 31.5 Å². The molecule has 1 saturated heterocycles. The summed E-state index contributed by atoms with van der Waals surface area (Å²) in [5.41, 5.74) is 0.545. The van der Waals surface area contributed by atoms with Crippen LogP contribution in [0.1, 0.15) is 22.5 Å². The van der Waals surface area contributed by atoms with Crippen molar-refractivity contribution >= 4 is 11.5 Å². The molecule has 1 fully saturated rings. The van der Waals surface area contributed by atoms with Gasteiger partial charge in [0.25, 0.3) is 5.82 Å². The Morgan fingerprint density at radius 2 is 1.67 bits per heavy atom. The third-order valence-electron chi connectivity index (χ3n) is 4.91. The van der Waals surface area contributed by atoms with E-state index in [0.29, 0.717) is 27.0 Å². The number of anilines is 1.